The lowest BCUT2D eigenvalue weighted by Gasteiger charge is -2.23. The highest BCUT2D eigenvalue weighted by atomic mass is 16.5. The fourth-order valence-electron chi connectivity index (χ4n) is 4.49. The molecule has 0 radical (unpaired) electrons. The Bertz CT molecular complexity index is 1240. The molecule has 180 valence electrons. The van der Waals surface area contributed by atoms with Gasteiger partial charge in [-0.1, -0.05) is 6.07 Å². The summed E-state index contributed by atoms with van der Waals surface area (Å²) < 4.78 is 7.22. The molecule has 2 aromatic heterocycles. The number of carbonyl (C=O) groups is 2. The number of aromatic nitrogens is 3. The van der Waals surface area contributed by atoms with Gasteiger partial charge in [-0.2, -0.15) is 5.10 Å². The van der Waals surface area contributed by atoms with Gasteiger partial charge in [0.2, 0.25) is 11.8 Å². The van der Waals surface area contributed by atoms with E-state index in [-0.39, 0.29) is 11.8 Å². The maximum absolute atomic E-state index is 12.9. The Morgan fingerprint density at radius 3 is 2.71 bits per heavy atom. The summed E-state index contributed by atoms with van der Waals surface area (Å²) in [4.78, 5) is 31.6. The van der Waals surface area contributed by atoms with Crippen molar-refractivity contribution in [1.29, 1.82) is 0 Å². The van der Waals surface area contributed by atoms with Gasteiger partial charge in [-0.3, -0.25) is 19.2 Å². The number of anilines is 1. The second kappa shape index (κ2) is 9.34. The lowest BCUT2D eigenvalue weighted by molar-refractivity contribution is -0.115. The van der Waals surface area contributed by atoms with Gasteiger partial charge in [0.05, 0.1) is 24.9 Å². The Morgan fingerprint density at radius 1 is 1.21 bits per heavy atom. The van der Waals surface area contributed by atoms with Crippen LogP contribution in [0.5, 0.6) is 5.88 Å². The van der Waals surface area contributed by atoms with Crippen LogP contribution in [0.2, 0.25) is 0 Å². The second-order valence-corrected chi connectivity index (χ2v) is 8.99. The number of rotatable bonds is 8. The first-order valence-corrected chi connectivity index (χ1v) is 11.3. The number of amides is 2. The molecule has 3 aromatic rings. The molecule has 0 bridgehead atoms. The minimum absolute atomic E-state index is 0.0288. The molecule has 2 amide bonds. The van der Waals surface area contributed by atoms with Crippen molar-refractivity contribution in [3.63, 3.8) is 0 Å². The lowest BCUT2D eigenvalue weighted by atomic mass is 9.99. The van der Waals surface area contributed by atoms with E-state index in [2.05, 4.69) is 26.4 Å². The molecule has 9 nitrogen and oxygen atoms in total. The number of benzene rings is 1. The van der Waals surface area contributed by atoms with E-state index in [1.54, 1.807) is 19.1 Å². The van der Waals surface area contributed by atoms with Crippen LogP contribution >= 0.6 is 0 Å². The fourth-order valence-corrected chi connectivity index (χ4v) is 4.49. The molecular weight excluding hydrogens is 432 g/mol. The Hall–Kier alpha value is -3.59. The van der Waals surface area contributed by atoms with Crippen LogP contribution in [-0.2, 0) is 24.8 Å². The van der Waals surface area contributed by atoms with Gasteiger partial charge in [0.25, 0.3) is 5.91 Å². The topological polar surface area (TPSA) is 95.5 Å². The molecule has 0 atom stereocenters. The molecule has 9 heteroatoms. The predicted octanol–water partition coefficient (Wildman–Crippen LogP) is 2.74. The smallest absolute Gasteiger partial charge is 0.259 e. The SMILES string of the molecule is COc1[nH]c(C)cc1C(=O)N(C)CCN(C)Cc1c(-c2ccc3c(c2)CC(=O)N3)c(C)nn1C. The number of H-pyrrole nitrogens is 1. The van der Waals surface area contributed by atoms with E-state index >= 15 is 0 Å². The average Bonchev–Trinajstić information content (AvgIpc) is 3.44. The molecule has 1 aliphatic heterocycles. The van der Waals surface area contributed by atoms with Gasteiger partial charge in [0.1, 0.15) is 5.56 Å². The molecule has 1 aliphatic rings. The van der Waals surface area contributed by atoms with Gasteiger partial charge in [-0.15, -0.1) is 0 Å². The van der Waals surface area contributed by atoms with Crippen LogP contribution in [0.25, 0.3) is 11.1 Å². The third-order valence-electron chi connectivity index (χ3n) is 6.29. The third kappa shape index (κ3) is 4.56. The zero-order chi connectivity index (χ0) is 24.6. The van der Waals surface area contributed by atoms with Crippen LogP contribution in [0.15, 0.2) is 24.3 Å². The largest absolute Gasteiger partial charge is 0.482 e. The number of methoxy groups -OCH3 is 1. The highest BCUT2D eigenvalue weighted by molar-refractivity contribution is 5.99. The van der Waals surface area contributed by atoms with Crippen molar-refractivity contribution >= 4 is 17.5 Å². The number of carbonyl (C=O) groups excluding carboxylic acids is 2. The summed E-state index contributed by atoms with van der Waals surface area (Å²) in [7, 11) is 7.35. The zero-order valence-corrected chi connectivity index (χ0v) is 20.7. The zero-order valence-electron chi connectivity index (χ0n) is 20.7. The molecule has 3 heterocycles. The summed E-state index contributed by atoms with van der Waals surface area (Å²) in [6.45, 7) is 5.85. The third-order valence-corrected chi connectivity index (χ3v) is 6.29. The van der Waals surface area contributed by atoms with Crippen molar-refractivity contribution in [2.45, 2.75) is 26.8 Å². The Morgan fingerprint density at radius 2 is 1.97 bits per heavy atom. The minimum atomic E-state index is -0.0760. The van der Waals surface area contributed by atoms with Gasteiger partial charge < -0.3 is 19.9 Å². The summed E-state index contributed by atoms with van der Waals surface area (Å²) in [5.74, 6) is 0.443. The van der Waals surface area contributed by atoms with Crippen molar-refractivity contribution in [2.75, 3.05) is 39.6 Å². The van der Waals surface area contributed by atoms with E-state index in [9.17, 15) is 9.59 Å². The molecule has 2 N–H and O–H groups in total. The monoisotopic (exact) mass is 464 g/mol. The number of hydrogen-bond donors (Lipinski definition) is 2. The Balaban J connectivity index is 1.46. The summed E-state index contributed by atoms with van der Waals surface area (Å²) in [6, 6.07) is 7.90. The van der Waals surface area contributed by atoms with Crippen LogP contribution in [0.3, 0.4) is 0 Å². The van der Waals surface area contributed by atoms with Crippen LogP contribution < -0.4 is 10.1 Å². The average molecular weight is 465 g/mol. The Labute approximate surface area is 199 Å². The number of fused-ring (bicyclic) bond motifs is 1. The fraction of sp³-hybridized carbons (Fsp3) is 0.400. The van der Waals surface area contributed by atoms with E-state index < -0.39 is 0 Å². The van der Waals surface area contributed by atoms with Gasteiger partial charge in [0, 0.05) is 50.7 Å². The Kier molecular flexibility index (Phi) is 6.47. The highest BCUT2D eigenvalue weighted by Crippen LogP contribution is 2.33. The van der Waals surface area contributed by atoms with Gasteiger partial charge in [-0.25, -0.2) is 0 Å². The molecule has 0 saturated heterocycles. The molecule has 1 aromatic carbocycles. The molecular formula is C25H32N6O3. The predicted molar refractivity (Wildman–Crippen MR) is 131 cm³/mol. The number of likely N-dealkylation sites (N-methyl/N-ethyl adjacent to an activating group) is 2. The van der Waals surface area contributed by atoms with E-state index in [0.717, 1.165) is 39.5 Å². The first kappa shape index (κ1) is 23.6. The van der Waals surface area contributed by atoms with Crippen molar-refractivity contribution in [3.05, 3.63) is 52.5 Å². The summed E-state index contributed by atoms with van der Waals surface area (Å²) in [5.41, 5.74) is 7.52. The van der Waals surface area contributed by atoms with E-state index in [1.807, 2.05) is 50.8 Å². The molecule has 4 rings (SSSR count). The van der Waals surface area contributed by atoms with Gasteiger partial charge in [-0.05, 0) is 50.2 Å². The summed E-state index contributed by atoms with van der Waals surface area (Å²) in [6.07, 6.45) is 0.406. The molecule has 0 unspecified atom stereocenters. The molecule has 0 spiro atoms. The van der Waals surface area contributed by atoms with E-state index in [1.165, 1.54) is 0 Å². The van der Waals surface area contributed by atoms with Gasteiger partial charge >= 0.3 is 0 Å². The number of aryl methyl sites for hydroxylation is 3. The van der Waals surface area contributed by atoms with E-state index in [0.29, 0.717) is 37.5 Å². The molecule has 34 heavy (non-hydrogen) atoms. The quantitative estimate of drug-likeness (QED) is 0.535. The van der Waals surface area contributed by atoms with E-state index in [4.69, 9.17) is 4.74 Å². The van der Waals surface area contributed by atoms with Crippen molar-refractivity contribution in [2.24, 2.45) is 7.05 Å². The molecule has 0 fully saturated rings. The van der Waals surface area contributed by atoms with Gasteiger partial charge in [0.15, 0.2) is 0 Å². The van der Waals surface area contributed by atoms with Crippen molar-refractivity contribution in [1.82, 2.24) is 24.6 Å². The molecule has 0 aliphatic carbocycles. The molecule has 0 saturated carbocycles. The standard InChI is InChI=1S/C25H32N6O3/c1-15-11-19(24(26-15)34-6)25(33)30(4)10-9-29(3)14-21-23(16(2)28-31(21)5)17-7-8-20-18(12-17)13-22(32)27-20/h7-8,11-12,26H,9-10,13-14H2,1-6H3,(H,27,32). The normalized spacial score (nSPS) is 12.7. The maximum Gasteiger partial charge on any atom is 0.259 e. The van der Waals surface area contributed by atoms with Crippen LogP contribution in [0, 0.1) is 13.8 Å². The number of nitrogens with one attached hydrogen (secondary N) is 2. The van der Waals surface area contributed by atoms with Crippen molar-refractivity contribution in [3.8, 4) is 17.0 Å². The maximum atomic E-state index is 12.9. The summed E-state index contributed by atoms with van der Waals surface area (Å²) >= 11 is 0. The first-order valence-electron chi connectivity index (χ1n) is 11.3. The van der Waals surface area contributed by atoms with Crippen LogP contribution in [0.1, 0.15) is 33.0 Å². The minimum Gasteiger partial charge on any atom is -0.482 e. The number of nitrogens with zero attached hydrogens (tertiary/aromatic N) is 4. The lowest BCUT2D eigenvalue weighted by Crippen LogP contribution is -2.35. The number of ether oxygens (including phenoxy) is 1. The van der Waals surface area contributed by atoms with Crippen LogP contribution in [-0.4, -0.2) is 70.7 Å². The first-order chi connectivity index (χ1) is 16.2. The highest BCUT2D eigenvalue weighted by Gasteiger charge is 2.23. The van der Waals surface area contributed by atoms with Crippen molar-refractivity contribution < 1.29 is 14.3 Å². The second-order valence-electron chi connectivity index (χ2n) is 8.99. The number of aromatic amines is 1. The number of hydrogen-bond acceptors (Lipinski definition) is 5. The van der Waals surface area contributed by atoms with Crippen LogP contribution in [0.4, 0.5) is 5.69 Å². The summed E-state index contributed by atoms with van der Waals surface area (Å²) in [5, 5.41) is 7.55.